The number of rotatable bonds is 4. The molecule has 0 aliphatic heterocycles. The van der Waals surface area contributed by atoms with Crippen LogP contribution >= 0.6 is 11.6 Å². The van der Waals surface area contributed by atoms with Gasteiger partial charge in [0.1, 0.15) is 11.6 Å². The molecule has 2 N–H and O–H groups in total. The number of alkyl halides is 6. The molecule has 0 spiro atoms. The molecule has 152 valence electrons. The number of carbonyl (C=O) groups is 1. The van der Waals surface area contributed by atoms with Crippen molar-refractivity contribution in [2.24, 2.45) is 0 Å². The highest BCUT2D eigenvalue weighted by Crippen LogP contribution is 2.36. The summed E-state index contributed by atoms with van der Waals surface area (Å²) in [5, 5.41) is 13.0. The Balaban J connectivity index is 2.19. The molecule has 2 rings (SSSR count). The van der Waals surface area contributed by atoms with E-state index in [0.717, 1.165) is 36.5 Å². The van der Waals surface area contributed by atoms with Gasteiger partial charge in [-0.05, 0) is 36.4 Å². The van der Waals surface area contributed by atoms with Gasteiger partial charge in [-0.1, -0.05) is 17.7 Å². The lowest BCUT2D eigenvalue weighted by Crippen LogP contribution is -2.15. The van der Waals surface area contributed by atoms with Gasteiger partial charge in [0.15, 0.2) is 0 Å². The van der Waals surface area contributed by atoms with E-state index in [2.05, 4.69) is 10.6 Å². The molecule has 0 radical (unpaired) electrons. The van der Waals surface area contributed by atoms with Gasteiger partial charge in [-0.15, -0.1) is 0 Å². The van der Waals surface area contributed by atoms with Crippen molar-refractivity contribution in [3.63, 3.8) is 0 Å². The molecule has 29 heavy (non-hydrogen) atoms. The zero-order valence-corrected chi connectivity index (χ0v) is 14.9. The van der Waals surface area contributed by atoms with Crippen molar-refractivity contribution in [3.8, 4) is 6.07 Å². The van der Waals surface area contributed by atoms with Gasteiger partial charge in [0.25, 0.3) is 5.91 Å². The first-order valence-corrected chi connectivity index (χ1v) is 8.02. The summed E-state index contributed by atoms with van der Waals surface area (Å²) in [6.45, 7) is 0. The normalized spacial score (nSPS) is 12.3. The Kier molecular flexibility index (Phi) is 6.44. The summed E-state index contributed by atoms with van der Waals surface area (Å²) < 4.78 is 76.7. The summed E-state index contributed by atoms with van der Waals surface area (Å²) in [4.78, 5) is 12.1. The predicted molar refractivity (Wildman–Crippen MR) is 93.8 cm³/mol. The van der Waals surface area contributed by atoms with E-state index in [4.69, 9.17) is 16.9 Å². The van der Waals surface area contributed by atoms with Crippen LogP contribution in [0.2, 0.25) is 5.02 Å². The number of hydrogen-bond acceptors (Lipinski definition) is 3. The van der Waals surface area contributed by atoms with Crippen molar-refractivity contribution in [1.82, 2.24) is 0 Å². The van der Waals surface area contributed by atoms with Crippen molar-refractivity contribution in [1.29, 1.82) is 5.26 Å². The van der Waals surface area contributed by atoms with Crippen molar-refractivity contribution < 1.29 is 31.1 Å². The maximum Gasteiger partial charge on any atom is 0.417 e. The third kappa shape index (κ3) is 5.89. The minimum absolute atomic E-state index is 0.0498. The zero-order valence-electron chi connectivity index (χ0n) is 14.1. The number of benzene rings is 2. The first-order valence-electron chi connectivity index (χ1n) is 7.64. The Labute approximate surface area is 165 Å². The van der Waals surface area contributed by atoms with Crippen LogP contribution in [-0.2, 0) is 17.1 Å². The van der Waals surface area contributed by atoms with Gasteiger partial charge in [0.05, 0.1) is 16.1 Å². The van der Waals surface area contributed by atoms with E-state index in [1.807, 2.05) is 0 Å². The fraction of sp³-hybridized carbons (Fsp3) is 0.111. The molecule has 0 saturated heterocycles. The van der Waals surface area contributed by atoms with E-state index in [1.165, 1.54) is 12.1 Å². The van der Waals surface area contributed by atoms with Crippen molar-refractivity contribution in [3.05, 3.63) is 70.4 Å². The number of amides is 1. The summed E-state index contributed by atoms with van der Waals surface area (Å²) in [5.74, 6) is -1.07. The third-order valence-electron chi connectivity index (χ3n) is 3.47. The molecule has 0 aliphatic carbocycles. The third-order valence-corrected chi connectivity index (χ3v) is 3.80. The Morgan fingerprint density at radius 3 is 2.28 bits per heavy atom. The van der Waals surface area contributed by atoms with Crippen LogP contribution in [0.5, 0.6) is 0 Å². The van der Waals surface area contributed by atoms with Crippen molar-refractivity contribution in [2.45, 2.75) is 12.4 Å². The number of anilines is 2. The van der Waals surface area contributed by atoms with Gasteiger partial charge in [-0.3, -0.25) is 4.79 Å². The van der Waals surface area contributed by atoms with E-state index in [1.54, 1.807) is 0 Å². The van der Waals surface area contributed by atoms with E-state index < -0.39 is 40.0 Å². The van der Waals surface area contributed by atoms with Gasteiger partial charge in [-0.2, -0.15) is 31.6 Å². The molecule has 0 aromatic heterocycles. The van der Waals surface area contributed by atoms with Crippen LogP contribution in [0.25, 0.3) is 0 Å². The van der Waals surface area contributed by atoms with Crippen molar-refractivity contribution >= 4 is 28.9 Å². The first kappa shape index (κ1) is 22.1. The van der Waals surface area contributed by atoms with Crippen LogP contribution in [-0.4, -0.2) is 5.91 Å². The highest BCUT2D eigenvalue weighted by atomic mass is 35.5. The van der Waals surface area contributed by atoms with Crippen LogP contribution in [0.4, 0.5) is 37.7 Å². The summed E-state index contributed by atoms with van der Waals surface area (Å²) >= 11 is 5.48. The van der Waals surface area contributed by atoms with Gasteiger partial charge in [-0.25, -0.2) is 0 Å². The van der Waals surface area contributed by atoms with E-state index in [9.17, 15) is 31.1 Å². The van der Waals surface area contributed by atoms with Gasteiger partial charge >= 0.3 is 12.4 Å². The fourth-order valence-electron chi connectivity index (χ4n) is 2.11. The lowest BCUT2D eigenvalue weighted by atomic mass is 10.1. The maximum absolute atomic E-state index is 12.9. The van der Waals surface area contributed by atoms with Gasteiger partial charge < -0.3 is 10.6 Å². The van der Waals surface area contributed by atoms with Gasteiger partial charge in [0, 0.05) is 17.6 Å². The molecule has 0 aliphatic rings. The zero-order chi connectivity index (χ0) is 21.8. The number of carbonyl (C=O) groups excluding carboxylic acids is 1. The number of nitrogens with one attached hydrogen (secondary N) is 2. The Morgan fingerprint density at radius 2 is 1.69 bits per heavy atom. The second-order valence-corrected chi connectivity index (χ2v) is 5.95. The van der Waals surface area contributed by atoms with E-state index >= 15 is 0 Å². The molecule has 0 heterocycles. The summed E-state index contributed by atoms with van der Waals surface area (Å²) in [5.41, 5.74) is -3.02. The van der Waals surface area contributed by atoms with Crippen LogP contribution in [0.15, 0.2) is 54.2 Å². The number of nitrogens with zero attached hydrogens (tertiary/aromatic N) is 1. The standard InChI is InChI=1S/C18H10ClF6N3O/c19-15-5-4-13(7-14(15)18(23,24)25)28-16(29)10(8-26)9-27-12-3-1-2-11(6-12)17(20,21)22/h1-7,9,27H,(H,28,29)/b10-9-. The molecule has 1 amide bonds. The molecule has 11 heteroatoms. The van der Waals surface area contributed by atoms with Crippen LogP contribution in [0, 0.1) is 11.3 Å². The molecule has 2 aromatic rings. The fourth-order valence-corrected chi connectivity index (χ4v) is 2.33. The quantitative estimate of drug-likeness (QED) is 0.362. The highest BCUT2D eigenvalue weighted by molar-refractivity contribution is 6.31. The van der Waals surface area contributed by atoms with Crippen LogP contribution in [0.3, 0.4) is 0 Å². The minimum Gasteiger partial charge on any atom is -0.360 e. The molecule has 0 unspecified atom stereocenters. The molecule has 4 nitrogen and oxygen atoms in total. The lowest BCUT2D eigenvalue weighted by Gasteiger charge is -2.12. The molecular formula is C18H10ClF6N3O. The summed E-state index contributed by atoms with van der Waals surface area (Å²) in [6, 6.07) is 8.13. The number of nitriles is 1. The molecule has 0 saturated carbocycles. The van der Waals surface area contributed by atoms with E-state index in [-0.39, 0.29) is 11.4 Å². The minimum atomic E-state index is -4.75. The molecule has 0 atom stereocenters. The highest BCUT2D eigenvalue weighted by Gasteiger charge is 2.33. The average Bonchev–Trinajstić information content (AvgIpc) is 2.62. The Hall–Kier alpha value is -3.19. The molecular weight excluding hydrogens is 424 g/mol. The van der Waals surface area contributed by atoms with Crippen LogP contribution in [0.1, 0.15) is 11.1 Å². The Bertz CT molecular complexity index is 992. The summed E-state index contributed by atoms with van der Waals surface area (Å²) in [6.07, 6.45) is -8.50. The van der Waals surface area contributed by atoms with Crippen molar-refractivity contribution in [2.75, 3.05) is 10.6 Å². The molecule has 0 fully saturated rings. The van der Waals surface area contributed by atoms with Gasteiger partial charge in [0.2, 0.25) is 0 Å². The predicted octanol–water partition coefficient (Wildman–Crippen LogP) is 5.84. The number of halogens is 7. The number of hydrogen-bond donors (Lipinski definition) is 2. The largest absolute Gasteiger partial charge is 0.417 e. The van der Waals surface area contributed by atoms with E-state index in [0.29, 0.717) is 6.07 Å². The molecule has 0 bridgehead atoms. The monoisotopic (exact) mass is 433 g/mol. The Morgan fingerprint density at radius 1 is 1.00 bits per heavy atom. The second-order valence-electron chi connectivity index (χ2n) is 5.54. The lowest BCUT2D eigenvalue weighted by molar-refractivity contribution is -0.138. The maximum atomic E-state index is 12.9. The smallest absolute Gasteiger partial charge is 0.360 e. The second kappa shape index (κ2) is 8.45. The average molecular weight is 434 g/mol. The molecule has 2 aromatic carbocycles. The summed E-state index contributed by atoms with van der Waals surface area (Å²) in [7, 11) is 0. The first-order chi connectivity index (χ1) is 13.4. The topological polar surface area (TPSA) is 64.9 Å². The van der Waals surface area contributed by atoms with Crippen LogP contribution < -0.4 is 10.6 Å². The SMILES string of the molecule is N#C/C(=C/Nc1cccc(C(F)(F)F)c1)C(=O)Nc1ccc(Cl)c(C(F)(F)F)c1.